The first-order chi connectivity index (χ1) is 29.7. The minimum absolute atomic E-state index is 0.638. The van der Waals surface area contributed by atoms with Crippen molar-refractivity contribution >= 4 is 59.3 Å². The summed E-state index contributed by atoms with van der Waals surface area (Å²) in [6.45, 7) is 0. The van der Waals surface area contributed by atoms with E-state index in [-0.39, 0.29) is 0 Å². The van der Waals surface area contributed by atoms with Gasteiger partial charge in [0.1, 0.15) is 0 Å². The van der Waals surface area contributed by atoms with Crippen LogP contribution >= 0.6 is 11.3 Å². The number of anilines is 3. The monoisotopic (exact) mass is 784 g/mol. The van der Waals surface area contributed by atoms with Gasteiger partial charge in [-0.25, -0.2) is 15.0 Å². The number of thiophene rings is 1. The molecule has 0 saturated heterocycles. The van der Waals surface area contributed by atoms with E-state index in [0.717, 1.165) is 44.7 Å². The molecule has 11 rings (SSSR count). The molecule has 0 unspecified atom stereocenters. The van der Waals surface area contributed by atoms with Crippen LogP contribution in [0.2, 0.25) is 0 Å². The molecule has 2 aromatic heterocycles. The molecule has 0 amide bonds. The minimum Gasteiger partial charge on any atom is -0.310 e. The Balaban J connectivity index is 0.998. The van der Waals surface area contributed by atoms with Gasteiger partial charge in [-0.15, -0.1) is 11.3 Å². The van der Waals surface area contributed by atoms with Crippen molar-refractivity contribution in [2.75, 3.05) is 4.90 Å². The molecule has 0 saturated carbocycles. The SMILES string of the molecule is c1ccc(-c2ccc(N(c3ccccc3)c3ccc4c(c3)sc3cccc(-c5cccc(-c6nc(-c7ccccc7)nc(-c7ccc8ccccc8c7)n6)c5)c34)cc2)cc1. The van der Waals surface area contributed by atoms with Gasteiger partial charge in [-0.3, -0.25) is 0 Å². The average molecular weight is 785 g/mol. The van der Waals surface area contributed by atoms with Crippen LogP contribution in [0.4, 0.5) is 17.1 Å². The largest absolute Gasteiger partial charge is 0.310 e. The van der Waals surface area contributed by atoms with Crippen molar-refractivity contribution in [3.05, 3.63) is 218 Å². The summed E-state index contributed by atoms with van der Waals surface area (Å²) in [4.78, 5) is 17.5. The van der Waals surface area contributed by atoms with Crippen molar-refractivity contribution in [2.24, 2.45) is 0 Å². The van der Waals surface area contributed by atoms with Crippen molar-refractivity contribution in [2.45, 2.75) is 0 Å². The van der Waals surface area contributed by atoms with E-state index in [1.807, 2.05) is 41.7 Å². The molecule has 5 heteroatoms. The van der Waals surface area contributed by atoms with E-state index in [2.05, 4.69) is 193 Å². The number of rotatable bonds is 8. The summed E-state index contributed by atoms with van der Waals surface area (Å²) in [5.74, 6) is 1.93. The maximum Gasteiger partial charge on any atom is 0.164 e. The highest BCUT2D eigenvalue weighted by Gasteiger charge is 2.18. The van der Waals surface area contributed by atoms with Gasteiger partial charge in [-0.05, 0) is 87.6 Å². The van der Waals surface area contributed by atoms with Gasteiger partial charge in [0.05, 0.1) is 0 Å². The molecular formula is C55H36N4S. The zero-order valence-electron chi connectivity index (χ0n) is 32.5. The van der Waals surface area contributed by atoms with Gasteiger partial charge in [0.2, 0.25) is 0 Å². The maximum atomic E-state index is 5.11. The lowest BCUT2D eigenvalue weighted by Gasteiger charge is -2.25. The second-order valence-electron chi connectivity index (χ2n) is 14.9. The Kier molecular flexibility index (Phi) is 8.99. The normalized spacial score (nSPS) is 11.3. The van der Waals surface area contributed by atoms with Gasteiger partial charge in [-0.2, -0.15) is 0 Å². The summed E-state index contributed by atoms with van der Waals surface area (Å²) in [6.07, 6.45) is 0. The van der Waals surface area contributed by atoms with Crippen LogP contribution in [0.15, 0.2) is 218 Å². The number of fused-ring (bicyclic) bond motifs is 4. The van der Waals surface area contributed by atoms with Gasteiger partial charge in [-0.1, -0.05) is 164 Å². The number of hydrogen-bond donors (Lipinski definition) is 0. The van der Waals surface area contributed by atoms with Crippen LogP contribution in [-0.2, 0) is 0 Å². The summed E-state index contributed by atoms with van der Waals surface area (Å²) in [5.41, 5.74) is 10.9. The van der Waals surface area contributed by atoms with Gasteiger partial charge >= 0.3 is 0 Å². The highest BCUT2D eigenvalue weighted by atomic mass is 32.1. The minimum atomic E-state index is 0.638. The van der Waals surface area contributed by atoms with E-state index in [4.69, 9.17) is 15.0 Å². The van der Waals surface area contributed by atoms with Gasteiger partial charge < -0.3 is 4.90 Å². The highest BCUT2D eigenvalue weighted by Crippen LogP contribution is 2.44. The summed E-state index contributed by atoms with van der Waals surface area (Å²) >= 11 is 1.83. The second kappa shape index (κ2) is 15.2. The summed E-state index contributed by atoms with van der Waals surface area (Å²) in [7, 11) is 0. The van der Waals surface area contributed by atoms with Crippen LogP contribution in [0.3, 0.4) is 0 Å². The topological polar surface area (TPSA) is 41.9 Å². The van der Waals surface area contributed by atoms with E-state index < -0.39 is 0 Å². The Morgan fingerprint density at radius 3 is 1.60 bits per heavy atom. The molecule has 4 nitrogen and oxygen atoms in total. The summed E-state index contributed by atoms with van der Waals surface area (Å²) < 4.78 is 2.48. The molecule has 0 N–H and O–H groups in total. The quantitative estimate of drug-likeness (QED) is 0.154. The molecule has 0 aliphatic heterocycles. The van der Waals surface area contributed by atoms with E-state index in [1.54, 1.807) is 0 Å². The molecule has 282 valence electrons. The Morgan fingerprint density at radius 2 is 0.850 bits per heavy atom. The smallest absolute Gasteiger partial charge is 0.164 e. The Bertz CT molecular complexity index is 3310. The number of aromatic nitrogens is 3. The van der Waals surface area contributed by atoms with E-state index in [9.17, 15) is 0 Å². The fourth-order valence-electron chi connectivity index (χ4n) is 8.16. The average Bonchev–Trinajstić information content (AvgIpc) is 3.71. The lowest BCUT2D eigenvalue weighted by molar-refractivity contribution is 1.07. The molecular weight excluding hydrogens is 749 g/mol. The lowest BCUT2D eigenvalue weighted by atomic mass is 9.97. The molecule has 0 spiro atoms. The number of para-hydroxylation sites is 1. The van der Waals surface area contributed by atoms with E-state index >= 15 is 0 Å². The van der Waals surface area contributed by atoms with Gasteiger partial charge in [0, 0.05) is 53.9 Å². The Labute approximate surface area is 352 Å². The molecule has 60 heavy (non-hydrogen) atoms. The van der Waals surface area contributed by atoms with Crippen molar-refractivity contribution in [3.8, 4) is 56.4 Å². The van der Waals surface area contributed by atoms with Crippen LogP contribution in [0, 0.1) is 0 Å². The zero-order valence-corrected chi connectivity index (χ0v) is 33.3. The van der Waals surface area contributed by atoms with Crippen LogP contribution in [0.25, 0.3) is 87.4 Å². The predicted octanol–water partition coefficient (Wildman–Crippen LogP) is 15.2. The molecule has 9 aromatic carbocycles. The molecule has 11 aromatic rings. The van der Waals surface area contributed by atoms with Crippen LogP contribution < -0.4 is 4.90 Å². The molecule has 0 fully saturated rings. The zero-order chi connectivity index (χ0) is 39.8. The molecule has 0 aliphatic rings. The standard InChI is InChI=1S/C55H36N4S/c1-4-14-37(15-5-1)39-28-30-46(31-29-39)59(45-22-8-3-9-23-45)47-32-33-49-51(36-47)60-50-25-13-24-48(52(49)50)42-20-12-21-43(35-42)54-56-53(40-17-6-2-7-18-40)57-55(58-54)44-27-26-38-16-10-11-19-41(38)34-44/h1-36H. The van der Waals surface area contributed by atoms with Gasteiger partial charge in [0.15, 0.2) is 17.5 Å². The molecule has 0 bridgehead atoms. The van der Waals surface area contributed by atoms with Crippen LogP contribution in [0.5, 0.6) is 0 Å². The van der Waals surface area contributed by atoms with Crippen molar-refractivity contribution < 1.29 is 0 Å². The fraction of sp³-hybridized carbons (Fsp3) is 0. The van der Waals surface area contributed by atoms with Crippen molar-refractivity contribution in [1.29, 1.82) is 0 Å². The predicted molar refractivity (Wildman–Crippen MR) is 252 cm³/mol. The first-order valence-electron chi connectivity index (χ1n) is 20.1. The fourth-order valence-corrected chi connectivity index (χ4v) is 9.32. The molecule has 2 heterocycles. The molecule has 0 aliphatic carbocycles. The van der Waals surface area contributed by atoms with E-state index in [1.165, 1.54) is 42.2 Å². The van der Waals surface area contributed by atoms with Crippen LogP contribution in [-0.4, -0.2) is 15.0 Å². The Morgan fingerprint density at radius 1 is 0.317 bits per heavy atom. The maximum absolute atomic E-state index is 5.11. The lowest BCUT2D eigenvalue weighted by Crippen LogP contribution is -2.09. The number of hydrogen-bond acceptors (Lipinski definition) is 5. The van der Waals surface area contributed by atoms with E-state index in [0.29, 0.717) is 17.5 Å². The number of nitrogens with zero attached hydrogens (tertiary/aromatic N) is 4. The molecule has 0 atom stereocenters. The second-order valence-corrected chi connectivity index (χ2v) is 15.9. The number of benzene rings is 9. The van der Waals surface area contributed by atoms with Gasteiger partial charge in [0.25, 0.3) is 0 Å². The third-order valence-electron chi connectivity index (χ3n) is 11.1. The molecule has 0 radical (unpaired) electrons. The highest BCUT2D eigenvalue weighted by molar-refractivity contribution is 7.26. The first kappa shape index (κ1) is 35.4. The van der Waals surface area contributed by atoms with Crippen molar-refractivity contribution in [1.82, 2.24) is 15.0 Å². The summed E-state index contributed by atoms with van der Waals surface area (Å²) in [5, 5.41) is 4.81. The summed E-state index contributed by atoms with van der Waals surface area (Å²) in [6, 6.07) is 77.1. The third kappa shape index (κ3) is 6.67. The van der Waals surface area contributed by atoms with Crippen molar-refractivity contribution in [3.63, 3.8) is 0 Å². The van der Waals surface area contributed by atoms with Crippen LogP contribution in [0.1, 0.15) is 0 Å². The first-order valence-corrected chi connectivity index (χ1v) is 20.9. The third-order valence-corrected chi connectivity index (χ3v) is 12.2. The Hall–Kier alpha value is -7.73.